The Morgan fingerprint density at radius 3 is 2.56 bits per heavy atom. The lowest BCUT2D eigenvalue weighted by molar-refractivity contribution is 0.0981. The minimum atomic E-state index is -0.0102. The highest BCUT2D eigenvalue weighted by Crippen LogP contribution is 2.33. The Labute approximate surface area is 159 Å². The molecule has 2 heterocycles. The second-order valence-electron chi connectivity index (χ2n) is 7.32. The molecule has 2 aromatic carbocycles. The minimum Gasteiger partial charge on any atom is -0.354 e. The Bertz CT molecular complexity index is 992. The topological polar surface area (TPSA) is 45.2 Å². The van der Waals surface area contributed by atoms with Crippen molar-refractivity contribution in [3.63, 3.8) is 0 Å². The van der Waals surface area contributed by atoms with E-state index < -0.39 is 0 Å². The predicted octanol–water partition coefficient (Wildman–Crippen LogP) is 5.03. The first-order chi connectivity index (χ1) is 13.0. The quantitative estimate of drug-likeness (QED) is 0.715. The van der Waals surface area contributed by atoms with Gasteiger partial charge in [-0.3, -0.25) is 9.78 Å². The van der Waals surface area contributed by atoms with Crippen molar-refractivity contribution in [1.29, 1.82) is 0 Å². The number of hydrogen-bond acceptors (Lipinski definition) is 3. The number of amides is 1. The van der Waals surface area contributed by atoms with Crippen LogP contribution in [0.1, 0.15) is 34.0 Å². The summed E-state index contributed by atoms with van der Waals surface area (Å²) in [5, 5.41) is 3.37. The second kappa shape index (κ2) is 6.88. The monoisotopic (exact) mass is 357 g/mol. The summed E-state index contributed by atoms with van der Waals surface area (Å²) in [5.41, 5.74) is 7.01. The molecule has 0 saturated carbocycles. The molecule has 3 aromatic rings. The number of aryl methyl sites for hydroxylation is 2. The third kappa shape index (κ3) is 3.43. The lowest BCUT2D eigenvalue weighted by Gasteiger charge is -2.23. The van der Waals surface area contributed by atoms with Gasteiger partial charge >= 0.3 is 0 Å². The lowest BCUT2D eigenvalue weighted by Crippen LogP contribution is -2.35. The molecule has 4 heteroatoms. The van der Waals surface area contributed by atoms with E-state index in [9.17, 15) is 4.79 Å². The number of carbonyl (C=O) groups excluding carboxylic acids is 1. The summed E-state index contributed by atoms with van der Waals surface area (Å²) in [7, 11) is 0. The van der Waals surface area contributed by atoms with Crippen LogP contribution in [0.3, 0.4) is 0 Å². The molecule has 1 amide bonds. The maximum Gasteiger partial charge on any atom is 0.260 e. The first kappa shape index (κ1) is 17.3. The van der Waals surface area contributed by atoms with E-state index in [0.717, 1.165) is 23.5 Å². The van der Waals surface area contributed by atoms with E-state index >= 15 is 0 Å². The Morgan fingerprint density at radius 1 is 1.04 bits per heavy atom. The summed E-state index contributed by atoms with van der Waals surface area (Å²) in [6.07, 6.45) is 4.27. The van der Waals surface area contributed by atoms with Crippen molar-refractivity contribution in [2.75, 3.05) is 10.2 Å². The van der Waals surface area contributed by atoms with Gasteiger partial charge < -0.3 is 10.2 Å². The average molecular weight is 357 g/mol. The largest absolute Gasteiger partial charge is 0.354 e. The maximum atomic E-state index is 13.2. The third-order valence-corrected chi connectivity index (χ3v) is 4.92. The van der Waals surface area contributed by atoms with Crippen molar-refractivity contribution < 1.29 is 4.79 Å². The number of nitrogens with one attached hydrogen (secondary N) is 1. The molecule has 1 atom stereocenters. The number of rotatable bonds is 3. The molecule has 0 bridgehead atoms. The van der Waals surface area contributed by atoms with E-state index in [1.807, 2.05) is 29.2 Å². The zero-order chi connectivity index (χ0) is 19.0. The Kier molecular flexibility index (Phi) is 4.40. The van der Waals surface area contributed by atoms with E-state index in [4.69, 9.17) is 0 Å². The number of benzene rings is 2. The molecule has 1 aliphatic rings. The number of pyridine rings is 1. The zero-order valence-electron chi connectivity index (χ0n) is 15.9. The van der Waals surface area contributed by atoms with Crippen LogP contribution >= 0.6 is 0 Å². The van der Waals surface area contributed by atoms with Crippen molar-refractivity contribution in [3.8, 4) is 0 Å². The van der Waals surface area contributed by atoms with Gasteiger partial charge in [-0.05, 0) is 68.1 Å². The molecule has 27 heavy (non-hydrogen) atoms. The van der Waals surface area contributed by atoms with E-state index in [2.05, 4.69) is 55.3 Å². The lowest BCUT2D eigenvalue weighted by atomic mass is 10.1. The van der Waals surface area contributed by atoms with E-state index in [1.54, 1.807) is 12.4 Å². The number of anilines is 3. The summed E-state index contributed by atoms with van der Waals surface area (Å²) < 4.78 is 0. The minimum absolute atomic E-state index is 0.0102. The molecule has 4 rings (SSSR count). The van der Waals surface area contributed by atoms with Crippen molar-refractivity contribution >= 4 is 23.0 Å². The normalized spacial score (nSPS) is 15.5. The first-order valence-electron chi connectivity index (χ1n) is 9.23. The van der Waals surface area contributed by atoms with Gasteiger partial charge in [0.2, 0.25) is 0 Å². The number of fused-ring (bicyclic) bond motifs is 1. The molecule has 1 aromatic heterocycles. The summed E-state index contributed by atoms with van der Waals surface area (Å²) in [4.78, 5) is 19.4. The fourth-order valence-corrected chi connectivity index (χ4v) is 3.85. The highest BCUT2D eigenvalue weighted by atomic mass is 16.2. The number of hydrogen-bond donors (Lipinski definition) is 1. The number of aromatic nitrogens is 1. The second-order valence-corrected chi connectivity index (χ2v) is 7.32. The van der Waals surface area contributed by atoms with Crippen LogP contribution in [0.5, 0.6) is 0 Å². The molecule has 4 nitrogen and oxygen atoms in total. The van der Waals surface area contributed by atoms with Crippen LogP contribution in [0.2, 0.25) is 0 Å². The molecular formula is C23H23N3O. The van der Waals surface area contributed by atoms with Crippen molar-refractivity contribution in [2.24, 2.45) is 0 Å². The molecule has 1 unspecified atom stereocenters. The Balaban J connectivity index is 1.62. The molecule has 1 aliphatic heterocycles. The summed E-state index contributed by atoms with van der Waals surface area (Å²) in [6.45, 7) is 6.23. The fraction of sp³-hybridized carbons (Fsp3) is 0.217. The molecule has 0 fully saturated rings. The van der Waals surface area contributed by atoms with Crippen molar-refractivity contribution in [3.05, 3.63) is 83.2 Å². The Morgan fingerprint density at radius 2 is 1.78 bits per heavy atom. The molecule has 1 N–H and O–H groups in total. The average Bonchev–Trinajstić information content (AvgIpc) is 2.96. The van der Waals surface area contributed by atoms with Crippen molar-refractivity contribution in [1.82, 2.24) is 4.98 Å². The van der Waals surface area contributed by atoms with Crippen LogP contribution in [-0.2, 0) is 6.42 Å². The predicted molar refractivity (Wildman–Crippen MR) is 110 cm³/mol. The van der Waals surface area contributed by atoms with E-state index in [0.29, 0.717) is 5.56 Å². The van der Waals surface area contributed by atoms with Gasteiger partial charge in [0.05, 0.1) is 17.4 Å². The molecule has 136 valence electrons. The van der Waals surface area contributed by atoms with E-state index in [-0.39, 0.29) is 11.9 Å². The van der Waals surface area contributed by atoms with Gasteiger partial charge in [0, 0.05) is 23.6 Å². The van der Waals surface area contributed by atoms with Gasteiger partial charge in [-0.15, -0.1) is 0 Å². The standard InChI is InChI=1S/C23H23N3O/c1-15-8-16(2)10-20(9-15)25-21-12-19(13-24-14-21)23(27)26-17(3)11-18-6-4-5-7-22(18)26/h4-10,12-14,17,25H,11H2,1-3H3. The summed E-state index contributed by atoms with van der Waals surface area (Å²) in [5.74, 6) is -0.0102. The Hall–Kier alpha value is -3.14. The van der Waals surface area contributed by atoms with Crippen LogP contribution in [0.25, 0.3) is 0 Å². The third-order valence-electron chi connectivity index (χ3n) is 4.92. The van der Waals surface area contributed by atoms with Crippen LogP contribution in [0.15, 0.2) is 60.9 Å². The molecule has 0 spiro atoms. The van der Waals surface area contributed by atoms with Crippen LogP contribution in [-0.4, -0.2) is 16.9 Å². The van der Waals surface area contributed by atoms with E-state index in [1.165, 1.54) is 16.7 Å². The van der Waals surface area contributed by atoms with Gasteiger partial charge in [0.15, 0.2) is 0 Å². The van der Waals surface area contributed by atoms with Gasteiger partial charge in [0.25, 0.3) is 5.91 Å². The van der Waals surface area contributed by atoms with Gasteiger partial charge in [-0.2, -0.15) is 0 Å². The molecule has 0 radical (unpaired) electrons. The highest BCUT2D eigenvalue weighted by molar-refractivity contribution is 6.08. The first-order valence-corrected chi connectivity index (χ1v) is 9.23. The number of carbonyl (C=O) groups is 1. The van der Waals surface area contributed by atoms with Gasteiger partial charge in [0.1, 0.15) is 0 Å². The smallest absolute Gasteiger partial charge is 0.260 e. The summed E-state index contributed by atoms with van der Waals surface area (Å²) >= 11 is 0. The SMILES string of the molecule is Cc1cc(C)cc(Nc2cncc(C(=O)N3c4ccccc4CC3C)c2)c1. The van der Waals surface area contributed by atoms with Gasteiger partial charge in [-0.25, -0.2) is 0 Å². The maximum absolute atomic E-state index is 13.2. The zero-order valence-corrected chi connectivity index (χ0v) is 15.9. The van der Waals surface area contributed by atoms with Crippen LogP contribution < -0.4 is 10.2 Å². The van der Waals surface area contributed by atoms with Gasteiger partial charge in [-0.1, -0.05) is 24.3 Å². The summed E-state index contributed by atoms with van der Waals surface area (Å²) in [6, 6.07) is 16.4. The molecule has 0 aliphatic carbocycles. The molecular weight excluding hydrogens is 334 g/mol. The van der Waals surface area contributed by atoms with Crippen LogP contribution in [0.4, 0.5) is 17.1 Å². The van der Waals surface area contributed by atoms with Crippen LogP contribution in [0, 0.1) is 13.8 Å². The number of nitrogens with zero attached hydrogens (tertiary/aromatic N) is 2. The fourth-order valence-electron chi connectivity index (χ4n) is 3.85. The number of para-hydroxylation sites is 1. The highest BCUT2D eigenvalue weighted by Gasteiger charge is 2.31. The van der Waals surface area contributed by atoms with Crippen molar-refractivity contribution in [2.45, 2.75) is 33.2 Å². The molecule has 0 saturated heterocycles.